The first-order valence-electron chi connectivity index (χ1n) is 33.4. The highest BCUT2D eigenvalue weighted by Gasteiger charge is 2.45. The second-order valence-corrected chi connectivity index (χ2v) is 24.6. The molecule has 89 heavy (non-hydrogen) atoms. The van der Waals surface area contributed by atoms with Gasteiger partial charge in [-0.2, -0.15) is 0 Å². The second kappa shape index (κ2) is 46.5. The summed E-state index contributed by atoms with van der Waals surface area (Å²) in [7, 11) is 0. The molecule has 5 amide bonds. The zero-order chi connectivity index (χ0) is 65.5. The molecule has 17 atom stereocenters. The first kappa shape index (κ1) is 79.7. The fourth-order valence-corrected chi connectivity index (χ4v) is 11.1. The number of nitrogens with one attached hydrogen (secondary N) is 5. The van der Waals surface area contributed by atoms with Crippen LogP contribution in [0.25, 0.3) is 0 Å². The molecule has 14 N–H and O–H groups in total. The topological polar surface area (TPSA) is 400 Å². The number of aliphatic hydroxyl groups excluding tert-OH is 9. The molecule has 3 aliphatic heterocycles. The molecule has 26 heteroatoms. The van der Waals surface area contributed by atoms with E-state index in [1.165, 1.54) is 0 Å². The number of Topliss-reactive ketones (excluding diaryl/α,β-unsaturated/α-hetero) is 1. The Kier molecular flexibility index (Phi) is 41.6. The molecule has 3 heterocycles. The van der Waals surface area contributed by atoms with Crippen molar-refractivity contribution in [2.45, 2.75) is 274 Å². The predicted octanol–water partition coefficient (Wildman–Crippen LogP) is 1.56. The number of aliphatic hydroxyl groups is 9. The van der Waals surface area contributed by atoms with Gasteiger partial charge in [0.05, 0.1) is 44.2 Å². The van der Waals surface area contributed by atoms with Gasteiger partial charge in [-0.05, 0) is 89.9 Å². The van der Waals surface area contributed by atoms with E-state index in [1.54, 1.807) is 20.8 Å². The first-order valence-corrected chi connectivity index (χ1v) is 33.4. The van der Waals surface area contributed by atoms with Crippen LogP contribution in [0.4, 0.5) is 0 Å². The van der Waals surface area contributed by atoms with E-state index in [-0.39, 0.29) is 74.0 Å². The maximum Gasteiger partial charge on any atom is 0.223 e. The Morgan fingerprint density at radius 2 is 0.742 bits per heavy atom. The van der Waals surface area contributed by atoms with Crippen molar-refractivity contribution in [3.05, 3.63) is 0 Å². The van der Waals surface area contributed by atoms with E-state index in [1.807, 2.05) is 0 Å². The van der Waals surface area contributed by atoms with E-state index in [0.29, 0.717) is 155 Å². The smallest absolute Gasteiger partial charge is 0.223 e. The summed E-state index contributed by atoms with van der Waals surface area (Å²) in [6, 6.07) is -0.918. The van der Waals surface area contributed by atoms with Crippen molar-refractivity contribution in [3.8, 4) is 0 Å². The molecule has 0 spiro atoms. The lowest BCUT2D eigenvalue weighted by atomic mass is 9.91. The Morgan fingerprint density at radius 1 is 0.404 bits per heavy atom. The monoisotopic (exact) mass is 1280 g/mol. The molecule has 0 radical (unpaired) electrons. The maximum atomic E-state index is 14.4. The van der Waals surface area contributed by atoms with Gasteiger partial charge in [-0.15, -0.1) is 0 Å². The van der Waals surface area contributed by atoms with Crippen LogP contribution in [0.2, 0.25) is 0 Å². The highest BCUT2D eigenvalue weighted by atomic mass is 16.7. The molecule has 3 aliphatic rings. The molecule has 3 rings (SSSR count). The minimum Gasteiger partial charge on any atom is -0.394 e. The van der Waals surface area contributed by atoms with Crippen molar-refractivity contribution in [2.24, 2.45) is 23.7 Å². The lowest BCUT2D eigenvalue weighted by Crippen LogP contribution is -2.55. The Balaban J connectivity index is 1.55. The number of carbonyl (C=O) groups excluding carboxylic acids is 6. The summed E-state index contributed by atoms with van der Waals surface area (Å²) < 4.78 is 34.3. The standard InChI is InChI=1S/C63H115N5O21/c1-5-6-17-30-64-50(73)26-11-7-18-33-67-60(83)44(24-15-19-31-65-51(74)27-12-8-21-34-84-61-41(2)54(77)57(80)47(38-69)87-61)37-46(72)45(68-53(76)29-14-10-23-36-86-63-43(4)56(79)59(82)49(40-71)89-63)25-16-20-32-66-52(75)28-13-9-22-35-85-62-42(3)55(78)58(81)48(39-70)88-62/h41-45,47-49,54-59,61-63,69-71,77-82H,5-40H2,1-4H3,(H,64,73)(H,65,74)(H,66,75)(H,67,83)(H,68,76). The average molecular weight is 1280 g/mol. The number of ether oxygens (including phenoxy) is 6. The number of carbonyl (C=O) groups is 6. The fourth-order valence-electron chi connectivity index (χ4n) is 11.1. The molecule has 0 aliphatic carbocycles. The van der Waals surface area contributed by atoms with Gasteiger partial charge in [-0.1, -0.05) is 72.6 Å². The van der Waals surface area contributed by atoms with Gasteiger partial charge in [0.2, 0.25) is 29.5 Å². The third-order valence-electron chi connectivity index (χ3n) is 17.1. The highest BCUT2D eigenvalue weighted by Crippen LogP contribution is 2.30. The van der Waals surface area contributed by atoms with Crippen molar-refractivity contribution in [3.63, 3.8) is 0 Å². The summed E-state index contributed by atoms with van der Waals surface area (Å²) in [6.45, 7) is 8.30. The summed E-state index contributed by atoms with van der Waals surface area (Å²) in [5, 5.41) is 105. The second-order valence-electron chi connectivity index (χ2n) is 24.6. The molecule has 0 aromatic heterocycles. The lowest BCUT2D eigenvalue weighted by Gasteiger charge is -2.40. The van der Waals surface area contributed by atoms with Gasteiger partial charge in [0, 0.05) is 102 Å². The SMILES string of the molecule is CCCCCNC(=O)CCCCCNC(=O)C(CCCCNC(=O)CCCCCOC1OC(CO)C(O)C(O)C1C)CC(=O)C(CCCCNC(=O)CCCCCOC1OC(CO)C(O)C(O)C1C)NC(=O)CCCCCOC1OC(CO)C(O)C(O)C1C. The molecular formula is C63H115N5O21. The zero-order valence-corrected chi connectivity index (χ0v) is 53.7. The summed E-state index contributed by atoms with van der Waals surface area (Å²) >= 11 is 0. The highest BCUT2D eigenvalue weighted by molar-refractivity contribution is 5.92. The number of hydrogen-bond donors (Lipinski definition) is 14. The van der Waals surface area contributed by atoms with Crippen molar-refractivity contribution >= 4 is 35.3 Å². The number of unbranched alkanes of at least 4 members (excludes halogenated alkanes) is 12. The van der Waals surface area contributed by atoms with E-state index >= 15 is 0 Å². The molecule has 17 unspecified atom stereocenters. The van der Waals surface area contributed by atoms with Crippen molar-refractivity contribution in [1.29, 1.82) is 0 Å². The van der Waals surface area contributed by atoms with Crippen LogP contribution in [0.3, 0.4) is 0 Å². The van der Waals surface area contributed by atoms with Gasteiger partial charge in [-0.25, -0.2) is 0 Å². The van der Waals surface area contributed by atoms with Crippen molar-refractivity contribution in [1.82, 2.24) is 26.6 Å². The molecule has 0 bridgehead atoms. The van der Waals surface area contributed by atoms with Gasteiger partial charge in [0.25, 0.3) is 0 Å². The van der Waals surface area contributed by atoms with Gasteiger partial charge in [-0.3, -0.25) is 28.8 Å². The third kappa shape index (κ3) is 30.8. The van der Waals surface area contributed by atoms with E-state index in [2.05, 4.69) is 33.5 Å². The lowest BCUT2D eigenvalue weighted by molar-refractivity contribution is -0.282. The van der Waals surface area contributed by atoms with Crippen LogP contribution < -0.4 is 26.6 Å². The zero-order valence-electron chi connectivity index (χ0n) is 53.7. The minimum absolute atomic E-state index is 0.00195. The average Bonchev–Trinajstić information content (AvgIpc) is 2.38. The quantitative estimate of drug-likeness (QED) is 0.0384. The van der Waals surface area contributed by atoms with E-state index < -0.39 is 123 Å². The number of amides is 5. The molecule has 0 saturated carbocycles. The van der Waals surface area contributed by atoms with Crippen LogP contribution in [0, 0.1) is 23.7 Å². The largest absolute Gasteiger partial charge is 0.394 e. The van der Waals surface area contributed by atoms with Gasteiger partial charge >= 0.3 is 0 Å². The summed E-state index contributed by atoms with van der Waals surface area (Å²) in [4.78, 5) is 79.7. The van der Waals surface area contributed by atoms with Crippen LogP contribution in [-0.2, 0) is 57.2 Å². The number of rotatable bonds is 49. The molecule has 518 valence electrons. The Bertz CT molecular complexity index is 1960. The van der Waals surface area contributed by atoms with Crippen LogP contribution in [0.15, 0.2) is 0 Å². The van der Waals surface area contributed by atoms with Gasteiger partial charge in [0.15, 0.2) is 24.7 Å². The van der Waals surface area contributed by atoms with Crippen LogP contribution in [0.1, 0.15) is 195 Å². The molecule has 26 nitrogen and oxygen atoms in total. The molecular weight excluding hydrogens is 1160 g/mol. The molecule has 0 aromatic rings. The van der Waals surface area contributed by atoms with Gasteiger partial charge < -0.3 is 101 Å². The van der Waals surface area contributed by atoms with E-state index in [0.717, 1.165) is 19.3 Å². The Morgan fingerprint density at radius 3 is 1.12 bits per heavy atom. The molecule has 3 saturated heterocycles. The van der Waals surface area contributed by atoms with Crippen LogP contribution >= 0.6 is 0 Å². The maximum absolute atomic E-state index is 14.4. The molecule has 3 fully saturated rings. The summed E-state index contributed by atoms with van der Waals surface area (Å²) in [6.07, 6.45) is 1.71. The van der Waals surface area contributed by atoms with Crippen LogP contribution in [-0.4, -0.2) is 227 Å². The van der Waals surface area contributed by atoms with Crippen molar-refractivity contribution in [2.75, 3.05) is 65.8 Å². The normalized spacial score (nSPS) is 27.7. The number of ketones is 1. The Hall–Kier alpha value is -3.58. The molecule has 0 aromatic carbocycles. The van der Waals surface area contributed by atoms with E-state index in [9.17, 15) is 74.7 Å². The first-order chi connectivity index (χ1) is 42.8. The van der Waals surface area contributed by atoms with Gasteiger partial charge in [0.1, 0.15) is 36.6 Å². The third-order valence-corrected chi connectivity index (χ3v) is 17.1. The summed E-state index contributed by atoms with van der Waals surface area (Å²) in [5.41, 5.74) is 0. The fraction of sp³-hybridized carbons (Fsp3) is 0.905. The minimum atomic E-state index is -1.24. The Labute approximate surface area is 527 Å². The van der Waals surface area contributed by atoms with Crippen LogP contribution in [0.5, 0.6) is 0 Å². The van der Waals surface area contributed by atoms with Crippen molar-refractivity contribution < 1.29 is 103 Å². The number of hydrogen-bond acceptors (Lipinski definition) is 21. The van der Waals surface area contributed by atoms with E-state index in [4.69, 9.17) is 28.4 Å². The summed E-state index contributed by atoms with van der Waals surface area (Å²) in [5.74, 6) is -3.50. The predicted molar refractivity (Wildman–Crippen MR) is 327 cm³/mol.